The summed E-state index contributed by atoms with van der Waals surface area (Å²) in [5, 5.41) is 4.21. The van der Waals surface area contributed by atoms with E-state index in [2.05, 4.69) is 49.3 Å². The number of amides is 2. The Morgan fingerprint density at radius 3 is 2.28 bits per heavy atom. The molecule has 39 heavy (non-hydrogen) atoms. The van der Waals surface area contributed by atoms with Crippen molar-refractivity contribution in [3.05, 3.63) is 95.7 Å². The summed E-state index contributed by atoms with van der Waals surface area (Å²) >= 11 is 0. The summed E-state index contributed by atoms with van der Waals surface area (Å²) in [4.78, 5) is 34.1. The maximum Gasteiger partial charge on any atom is 0.244 e. The Bertz CT molecular complexity index is 1470. The standard InChI is InChI=1S/C33H38N4O2/c1-22-31(26-13-9-10-14-28(26)34-22)32-27(33(32,2)3)19-30(39)37(20-23-11-7-6-8-12-23)21-29(38)35-24-15-17-25(18-16-24)36(4)5/h6-18,27,32,34H,19-21H2,1-5H3,(H,35,38)/t27-,32-/m1/s1. The number of rotatable bonds is 9. The zero-order valence-electron chi connectivity index (χ0n) is 23.5. The van der Waals surface area contributed by atoms with Gasteiger partial charge in [-0.3, -0.25) is 9.59 Å². The van der Waals surface area contributed by atoms with E-state index in [9.17, 15) is 9.59 Å². The van der Waals surface area contributed by atoms with Crippen molar-refractivity contribution in [3.8, 4) is 0 Å². The number of benzene rings is 3. The average Bonchev–Trinajstić information content (AvgIpc) is 3.26. The molecule has 1 aliphatic carbocycles. The van der Waals surface area contributed by atoms with Crippen LogP contribution in [0.2, 0.25) is 0 Å². The van der Waals surface area contributed by atoms with Crippen LogP contribution in [0, 0.1) is 18.3 Å². The number of carbonyl (C=O) groups excluding carboxylic acids is 2. The number of carbonyl (C=O) groups is 2. The molecule has 1 saturated carbocycles. The van der Waals surface area contributed by atoms with Gasteiger partial charge in [0.25, 0.3) is 0 Å². The molecule has 0 radical (unpaired) electrons. The maximum atomic E-state index is 13.8. The van der Waals surface area contributed by atoms with Crippen LogP contribution in [0.4, 0.5) is 11.4 Å². The molecule has 6 heteroatoms. The van der Waals surface area contributed by atoms with Crippen LogP contribution in [0.5, 0.6) is 0 Å². The first-order valence-electron chi connectivity index (χ1n) is 13.6. The van der Waals surface area contributed by atoms with Crippen molar-refractivity contribution < 1.29 is 9.59 Å². The van der Waals surface area contributed by atoms with Gasteiger partial charge in [0.1, 0.15) is 6.54 Å². The van der Waals surface area contributed by atoms with Crippen molar-refractivity contribution in [2.24, 2.45) is 11.3 Å². The number of hydrogen-bond acceptors (Lipinski definition) is 3. The van der Waals surface area contributed by atoms with E-state index in [1.54, 1.807) is 4.90 Å². The second kappa shape index (κ2) is 10.6. The molecular formula is C33H38N4O2. The predicted molar refractivity (Wildman–Crippen MR) is 159 cm³/mol. The van der Waals surface area contributed by atoms with Crippen LogP contribution in [0.1, 0.15) is 43.0 Å². The molecule has 1 fully saturated rings. The summed E-state index contributed by atoms with van der Waals surface area (Å²) in [6.45, 7) is 7.04. The lowest BCUT2D eigenvalue weighted by Gasteiger charge is -2.23. The molecule has 0 aliphatic heterocycles. The van der Waals surface area contributed by atoms with Crippen LogP contribution >= 0.6 is 0 Å². The lowest BCUT2D eigenvalue weighted by molar-refractivity contribution is -0.135. The van der Waals surface area contributed by atoms with Crippen LogP contribution in [0.3, 0.4) is 0 Å². The number of anilines is 2. The monoisotopic (exact) mass is 522 g/mol. The third-order valence-electron chi connectivity index (χ3n) is 8.27. The minimum Gasteiger partial charge on any atom is -0.378 e. The summed E-state index contributed by atoms with van der Waals surface area (Å²) < 4.78 is 0. The van der Waals surface area contributed by atoms with E-state index >= 15 is 0 Å². The summed E-state index contributed by atoms with van der Waals surface area (Å²) in [5.74, 6) is 0.314. The molecule has 6 nitrogen and oxygen atoms in total. The highest BCUT2D eigenvalue weighted by Gasteiger charge is 2.59. The van der Waals surface area contributed by atoms with Gasteiger partial charge in [-0.2, -0.15) is 0 Å². The highest BCUT2D eigenvalue weighted by molar-refractivity contribution is 5.95. The molecule has 2 amide bonds. The predicted octanol–water partition coefficient (Wildman–Crippen LogP) is 6.34. The number of hydrogen-bond donors (Lipinski definition) is 2. The van der Waals surface area contributed by atoms with Crippen molar-refractivity contribution in [3.63, 3.8) is 0 Å². The second-order valence-electron chi connectivity index (χ2n) is 11.5. The van der Waals surface area contributed by atoms with Crippen LogP contribution in [-0.4, -0.2) is 42.3 Å². The first-order valence-corrected chi connectivity index (χ1v) is 13.6. The van der Waals surface area contributed by atoms with Gasteiger partial charge >= 0.3 is 0 Å². The van der Waals surface area contributed by atoms with E-state index in [-0.39, 0.29) is 29.7 Å². The SMILES string of the molecule is Cc1[nH]c2ccccc2c1[C@H]1[C@@H](CC(=O)N(CC(=O)Nc2ccc(N(C)C)cc2)Cc2ccccc2)C1(C)C. The molecule has 3 aromatic carbocycles. The van der Waals surface area contributed by atoms with Crippen molar-refractivity contribution >= 4 is 34.1 Å². The Balaban J connectivity index is 1.32. The van der Waals surface area contributed by atoms with Crippen molar-refractivity contribution in [1.29, 1.82) is 0 Å². The van der Waals surface area contributed by atoms with Gasteiger partial charge in [-0.15, -0.1) is 0 Å². The van der Waals surface area contributed by atoms with E-state index in [1.807, 2.05) is 79.7 Å². The fourth-order valence-electron chi connectivity index (χ4n) is 5.97. The lowest BCUT2D eigenvalue weighted by atomic mass is 10.0. The van der Waals surface area contributed by atoms with E-state index in [1.165, 1.54) is 16.6 Å². The minimum atomic E-state index is -0.198. The molecule has 2 atom stereocenters. The lowest BCUT2D eigenvalue weighted by Crippen LogP contribution is -2.38. The zero-order chi connectivity index (χ0) is 27.7. The van der Waals surface area contributed by atoms with E-state index < -0.39 is 0 Å². The number of nitrogens with one attached hydrogen (secondary N) is 2. The van der Waals surface area contributed by atoms with Gasteiger partial charge < -0.3 is 20.1 Å². The number of aromatic nitrogens is 1. The molecule has 0 unspecified atom stereocenters. The third-order valence-corrected chi connectivity index (χ3v) is 8.27. The van der Waals surface area contributed by atoms with Crippen LogP contribution in [0.15, 0.2) is 78.9 Å². The van der Waals surface area contributed by atoms with Gasteiger partial charge in [-0.25, -0.2) is 0 Å². The molecule has 1 heterocycles. The van der Waals surface area contributed by atoms with E-state index in [0.29, 0.717) is 18.9 Å². The second-order valence-corrected chi connectivity index (χ2v) is 11.5. The maximum absolute atomic E-state index is 13.8. The molecule has 1 aromatic heterocycles. The van der Waals surface area contributed by atoms with Gasteiger partial charge in [0.2, 0.25) is 11.8 Å². The molecule has 0 spiro atoms. The molecule has 1 aliphatic rings. The van der Waals surface area contributed by atoms with Crippen LogP contribution < -0.4 is 10.2 Å². The number of nitrogens with zero attached hydrogens (tertiary/aromatic N) is 2. The first kappa shape index (κ1) is 26.5. The molecule has 4 aromatic rings. The number of aromatic amines is 1. The summed E-state index contributed by atoms with van der Waals surface area (Å²) in [7, 11) is 3.96. The number of fused-ring (bicyclic) bond motifs is 1. The number of H-pyrrole nitrogens is 1. The van der Waals surface area contributed by atoms with Crippen molar-refractivity contribution in [1.82, 2.24) is 9.88 Å². The molecule has 0 bridgehead atoms. The quantitative estimate of drug-likeness (QED) is 0.270. The molecular weight excluding hydrogens is 484 g/mol. The van der Waals surface area contributed by atoms with Gasteiger partial charge in [-0.1, -0.05) is 62.4 Å². The summed E-state index contributed by atoms with van der Waals surface area (Å²) in [5.41, 5.74) is 6.41. The van der Waals surface area contributed by atoms with E-state index in [4.69, 9.17) is 0 Å². The topological polar surface area (TPSA) is 68.4 Å². The van der Waals surface area contributed by atoms with Gasteiger partial charge in [0.05, 0.1) is 0 Å². The normalized spacial score (nSPS) is 17.6. The molecule has 0 saturated heterocycles. The Labute approximate surface area is 231 Å². The molecule has 202 valence electrons. The Morgan fingerprint density at radius 1 is 0.923 bits per heavy atom. The smallest absolute Gasteiger partial charge is 0.244 e. The third kappa shape index (κ3) is 5.56. The highest BCUT2D eigenvalue weighted by atomic mass is 16.2. The molecule has 2 N–H and O–H groups in total. The average molecular weight is 523 g/mol. The highest BCUT2D eigenvalue weighted by Crippen LogP contribution is 2.67. The Kier molecular flexibility index (Phi) is 7.21. The largest absolute Gasteiger partial charge is 0.378 e. The van der Waals surface area contributed by atoms with Gasteiger partial charge in [-0.05, 0) is 65.6 Å². The number of aryl methyl sites for hydroxylation is 1. The van der Waals surface area contributed by atoms with Crippen LogP contribution in [0.25, 0.3) is 10.9 Å². The van der Waals surface area contributed by atoms with Crippen molar-refractivity contribution in [2.45, 2.75) is 39.7 Å². The fourth-order valence-corrected chi connectivity index (χ4v) is 5.97. The Hall–Kier alpha value is -4.06. The van der Waals surface area contributed by atoms with E-state index in [0.717, 1.165) is 22.5 Å². The summed E-state index contributed by atoms with van der Waals surface area (Å²) in [6, 6.07) is 26.0. The fraction of sp³-hybridized carbons (Fsp3) is 0.333. The first-order chi connectivity index (χ1) is 18.6. The summed E-state index contributed by atoms with van der Waals surface area (Å²) in [6.07, 6.45) is 0.411. The molecule has 5 rings (SSSR count). The van der Waals surface area contributed by atoms with Crippen molar-refractivity contribution in [2.75, 3.05) is 30.9 Å². The van der Waals surface area contributed by atoms with Gasteiger partial charge in [0, 0.05) is 55.0 Å². The van der Waals surface area contributed by atoms with Gasteiger partial charge in [0.15, 0.2) is 0 Å². The minimum absolute atomic E-state index is 0.000243. The Morgan fingerprint density at radius 2 is 1.59 bits per heavy atom. The van der Waals surface area contributed by atoms with Crippen LogP contribution in [-0.2, 0) is 16.1 Å². The number of para-hydroxylation sites is 1. The zero-order valence-corrected chi connectivity index (χ0v) is 23.5.